The first-order valence-electron chi connectivity index (χ1n) is 7.77. The van der Waals surface area contributed by atoms with Gasteiger partial charge in [-0.25, -0.2) is 0 Å². The molecule has 2 fully saturated rings. The molecule has 2 heterocycles. The molecule has 1 saturated heterocycles. The molecule has 1 aromatic heterocycles. The Morgan fingerprint density at radius 2 is 2.29 bits per heavy atom. The summed E-state index contributed by atoms with van der Waals surface area (Å²) in [5.74, 6) is -0.254. The highest BCUT2D eigenvalue weighted by Gasteiger charge is 2.39. The van der Waals surface area contributed by atoms with Crippen molar-refractivity contribution in [3.05, 3.63) is 12.4 Å². The van der Waals surface area contributed by atoms with Crippen molar-refractivity contribution in [3.8, 4) is 0 Å². The lowest BCUT2D eigenvalue weighted by molar-refractivity contribution is -0.171. The van der Waals surface area contributed by atoms with E-state index in [2.05, 4.69) is 5.10 Å². The Bertz CT molecular complexity index is 489. The van der Waals surface area contributed by atoms with Gasteiger partial charge in [0.05, 0.1) is 24.1 Å². The number of esters is 1. The van der Waals surface area contributed by atoms with Gasteiger partial charge >= 0.3 is 5.97 Å². The second-order valence-corrected chi connectivity index (χ2v) is 6.17. The van der Waals surface area contributed by atoms with Gasteiger partial charge in [0.1, 0.15) is 12.6 Å². The molecule has 1 aliphatic heterocycles. The fourth-order valence-electron chi connectivity index (χ4n) is 3.45. The van der Waals surface area contributed by atoms with Crippen molar-refractivity contribution in [2.24, 2.45) is 0 Å². The molecule has 6 nitrogen and oxygen atoms in total. The molecular weight excluding hydrogens is 270 g/mol. The minimum absolute atomic E-state index is 0.0303. The summed E-state index contributed by atoms with van der Waals surface area (Å²) in [6, 6.07) is 0. The summed E-state index contributed by atoms with van der Waals surface area (Å²) in [6.07, 6.45) is 10.7. The second-order valence-electron chi connectivity index (χ2n) is 6.17. The van der Waals surface area contributed by atoms with Crippen molar-refractivity contribution in [3.63, 3.8) is 0 Å². The van der Waals surface area contributed by atoms with Gasteiger partial charge in [0.15, 0.2) is 0 Å². The Labute approximate surface area is 124 Å². The third-order valence-corrected chi connectivity index (χ3v) is 4.45. The standard InChI is InChI=1S/C15H23N3O3/c16-12-9-17-18(10-12)11-14(19)21-13-4-7-20-15(8-13)5-2-1-3-6-15/h9-10,13H,1-8,11,16H2. The van der Waals surface area contributed by atoms with Crippen molar-refractivity contribution in [2.45, 2.75) is 63.2 Å². The first-order chi connectivity index (χ1) is 10.2. The Morgan fingerprint density at radius 1 is 1.48 bits per heavy atom. The van der Waals surface area contributed by atoms with E-state index < -0.39 is 0 Å². The fraction of sp³-hybridized carbons (Fsp3) is 0.733. The maximum absolute atomic E-state index is 12.0. The number of carbonyl (C=O) groups excluding carboxylic acids is 1. The maximum Gasteiger partial charge on any atom is 0.328 e. The van der Waals surface area contributed by atoms with Crippen molar-refractivity contribution >= 4 is 11.7 Å². The number of rotatable bonds is 3. The molecule has 1 atom stereocenters. The summed E-state index contributed by atoms with van der Waals surface area (Å²) >= 11 is 0. The zero-order valence-electron chi connectivity index (χ0n) is 12.3. The zero-order chi connectivity index (χ0) is 14.7. The van der Waals surface area contributed by atoms with Gasteiger partial charge in [-0.1, -0.05) is 19.3 Å². The van der Waals surface area contributed by atoms with E-state index in [1.807, 2.05) is 0 Å². The largest absolute Gasteiger partial charge is 0.461 e. The van der Waals surface area contributed by atoms with Gasteiger partial charge in [-0.15, -0.1) is 0 Å². The van der Waals surface area contributed by atoms with Crippen LogP contribution in [0.5, 0.6) is 0 Å². The SMILES string of the molecule is Nc1cnn(CC(=O)OC2CCOC3(CCCCC3)C2)c1. The van der Waals surface area contributed by atoms with E-state index in [0.717, 1.165) is 25.7 Å². The van der Waals surface area contributed by atoms with E-state index in [1.54, 1.807) is 6.20 Å². The van der Waals surface area contributed by atoms with Crippen LogP contribution < -0.4 is 5.73 Å². The summed E-state index contributed by atoms with van der Waals surface area (Å²) in [7, 11) is 0. The number of anilines is 1. The number of ether oxygens (including phenoxy) is 2. The molecule has 1 saturated carbocycles. The number of nitrogens with two attached hydrogens (primary N) is 1. The molecule has 21 heavy (non-hydrogen) atoms. The smallest absolute Gasteiger partial charge is 0.328 e. The highest BCUT2D eigenvalue weighted by Crippen LogP contribution is 2.39. The van der Waals surface area contributed by atoms with Crippen LogP contribution in [0.3, 0.4) is 0 Å². The highest BCUT2D eigenvalue weighted by molar-refractivity contribution is 5.69. The Hall–Kier alpha value is -1.56. The van der Waals surface area contributed by atoms with Crippen LogP contribution in [0.4, 0.5) is 5.69 Å². The third kappa shape index (κ3) is 3.56. The van der Waals surface area contributed by atoms with E-state index in [1.165, 1.54) is 30.1 Å². The molecule has 3 rings (SSSR count). The van der Waals surface area contributed by atoms with Crippen LogP contribution in [0.15, 0.2) is 12.4 Å². The molecule has 116 valence electrons. The first-order valence-corrected chi connectivity index (χ1v) is 7.77. The van der Waals surface area contributed by atoms with Gasteiger partial charge in [-0.05, 0) is 12.8 Å². The molecule has 1 aliphatic carbocycles. The number of aromatic nitrogens is 2. The second kappa shape index (κ2) is 6.05. The maximum atomic E-state index is 12.0. The zero-order valence-corrected chi connectivity index (χ0v) is 12.3. The van der Waals surface area contributed by atoms with Gasteiger partial charge in [0.25, 0.3) is 0 Å². The monoisotopic (exact) mass is 293 g/mol. The fourth-order valence-corrected chi connectivity index (χ4v) is 3.45. The van der Waals surface area contributed by atoms with E-state index in [9.17, 15) is 4.79 Å². The molecule has 0 radical (unpaired) electrons. The molecule has 2 aliphatic rings. The van der Waals surface area contributed by atoms with Gasteiger partial charge in [0, 0.05) is 19.0 Å². The van der Waals surface area contributed by atoms with E-state index in [4.69, 9.17) is 15.2 Å². The van der Waals surface area contributed by atoms with Crippen LogP contribution in [0.25, 0.3) is 0 Å². The van der Waals surface area contributed by atoms with Crippen LogP contribution >= 0.6 is 0 Å². The molecule has 0 amide bonds. The average molecular weight is 293 g/mol. The lowest BCUT2D eigenvalue weighted by Crippen LogP contribution is -2.44. The number of hydrogen-bond donors (Lipinski definition) is 1. The van der Waals surface area contributed by atoms with Gasteiger partial charge in [-0.3, -0.25) is 9.48 Å². The van der Waals surface area contributed by atoms with Gasteiger partial charge in [0.2, 0.25) is 0 Å². The van der Waals surface area contributed by atoms with E-state index in [0.29, 0.717) is 12.3 Å². The van der Waals surface area contributed by atoms with Crippen LogP contribution in [0.2, 0.25) is 0 Å². The van der Waals surface area contributed by atoms with Crippen LogP contribution in [0.1, 0.15) is 44.9 Å². The van der Waals surface area contributed by atoms with Crippen LogP contribution in [0, 0.1) is 0 Å². The van der Waals surface area contributed by atoms with Crippen LogP contribution in [-0.4, -0.2) is 34.1 Å². The van der Waals surface area contributed by atoms with Crippen molar-refractivity contribution < 1.29 is 14.3 Å². The summed E-state index contributed by atoms with van der Waals surface area (Å²) in [5, 5.41) is 4.00. The highest BCUT2D eigenvalue weighted by atomic mass is 16.6. The molecular formula is C15H23N3O3. The Kier molecular flexibility index (Phi) is 4.14. The molecule has 0 bridgehead atoms. The minimum atomic E-state index is -0.254. The number of hydrogen-bond acceptors (Lipinski definition) is 5. The molecule has 1 aromatic rings. The topological polar surface area (TPSA) is 79.4 Å². The molecule has 0 aromatic carbocycles. The normalized spacial score (nSPS) is 24.9. The molecule has 1 unspecified atom stereocenters. The summed E-state index contributed by atoms with van der Waals surface area (Å²) < 4.78 is 13.1. The number of nitrogen functional groups attached to an aromatic ring is 1. The lowest BCUT2D eigenvalue weighted by Gasteiger charge is -2.43. The van der Waals surface area contributed by atoms with Crippen molar-refractivity contribution in [1.29, 1.82) is 0 Å². The predicted octanol–water partition coefficient (Wildman–Crippen LogP) is 1.89. The minimum Gasteiger partial charge on any atom is -0.461 e. The third-order valence-electron chi connectivity index (χ3n) is 4.45. The predicted molar refractivity (Wildman–Crippen MR) is 77.5 cm³/mol. The Balaban J connectivity index is 1.53. The van der Waals surface area contributed by atoms with E-state index >= 15 is 0 Å². The average Bonchev–Trinajstić information content (AvgIpc) is 2.85. The first kappa shape index (κ1) is 14.4. The van der Waals surface area contributed by atoms with Crippen molar-refractivity contribution in [1.82, 2.24) is 9.78 Å². The Morgan fingerprint density at radius 3 is 3.00 bits per heavy atom. The van der Waals surface area contributed by atoms with E-state index in [-0.39, 0.29) is 24.2 Å². The van der Waals surface area contributed by atoms with Gasteiger partial charge in [-0.2, -0.15) is 5.10 Å². The van der Waals surface area contributed by atoms with Crippen LogP contribution in [-0.2, 0) is 20.8 Å². The number of carbonyl (C=O) groups is 1. The quantitative estimate of drug-likeness (QED) is 0.861. The number of nitrogens with zero attached hydrogens (tertiary/aromatic N) is 2. The lowest BCUT2D eigenvalue weighted by atomic mass is 9.79. The molecule has 1 spiro atoms. The summed E-state index contributed by atoms with van der Waals surface area (Å²) in [6.45, 7) is 0.800. The van der Waals surface area contributed by atoms with Crippen molar-refractivity contribution in [2.75, 3.05) is 12.3 Å². The molecule has 6 heteroatoms. The molecule has 2 N–H and O–H groups in total. The summed E-state index contributed by atoms with van der Waals surface area (Å²) in [5.41, 5.74) is 6.09. The summed E-state index contributed by atoms with van der Waals surface area (Å²) in [4.78, 5) is 12.0. The van der Waals surface area contributed by atoms with Gasteiger partial charge < -0.3 is 15.2 Å².